The van der Waals surface area contributed by atoms with E-state index < -0.39 is 6.16 Å². The van der Waals surface area contributed by atoms with Crippen LogP contribution in [0.3, 0.4) is 0 Å². The Kier molecular flexibility index (Phi) is 3.28. The number of carboxylic acid groups (broad SMARTS) is 1. The molecule has 1 heterocycles. The summed E-state index contributed by atoms with van der Waals surface area (Å²) in [6.45, 7) is 0. The molecule has 0 aromatic carbocycles. The van der Waals surface area contributed by atoms with Crippen LogP contribution in [0.1, 0.15) is 12.8 Å². The van der Waals surface area contributed by atoms with Crippen molar-refractivity contribution in [1.29, 1.82) is 0 Å². The number of hydrogen-bond donors (Lipinski definition) is 2. The van der Waals surface area contributed by atoms with Gasteiger partial charge in [0.25, 0.3) is 0 Å². The summed E-state index contributed by atoms with van der Waals surface area (Å²) < 4.78 is 5.00. The van der Waals surface area contributed by atoms with Crippen LogP contribution in [0, 0.1) is 5.92 Å². The lowest BCUT2D eigenvalue weighted by molar-refractivity contribution is -0.117. The number of nitrogens with one attached hydrogen (secondary N) is 1. The topological polar surface area (TPSA) is 88.5 Å². The molecule has 1 saturated carbocycles. The molecule has 0 spiro atoms. The van der Waals surface area contributed by atoms with Gasteiger partial charge in [-0.15, -0.1) is 0 Å². The lowest BCUT2D eigenvalue weighted by Gasteiger charge is -2.06. The van der Waals surface area contributed by atoms with Gasteiger partial charge in [0.05, 0.1) is 0 Å². The van der Waals surface area contributed by atoms with Crippen LogP contribution >= 0.6 is 15.9 Å². The van der Waals surface area contributed by atoms with E-state index in [-0.39, 0.29) is 23.5 Å². The Morgan fingerprint density at radius 2 is 2.18 bits per heavy atom. The predicted octanol–water partition coefficient (Wildman–Crippen LogP) is 2.25. The van der Waals surface area contributed by atoms with Gasteiger partial charge in [-0.2, -0.15) is 4.98 Å². The first-order valence-corrected chi connectivity index (χ1v) is 5.73. The number of nitrogens with zero attached hydrogens (tertiary/aromatic N) is 1. The third-order valence-corrected chi connectivity index (χ3v) is 2.62. The molecule has 1 aliphatic rings. The lowest BCUT2D eigenvalue weighted by atomic mass is 10.4. The number of halogens is 1. The molecule has 0 unspecified atom stereocenters. The second-order valence-corrected chi connectivity index (χ2v) is 4.56. The fraction of sp³-hybridized carbons (Fsp3) is 0.300. The van der Waals surface area contributed by atoms with Gasteiger partial charge in [-0.3, -0.25) is 4.79 Å². The molecule has 0 atom stereocenters. The molecule has 0 aliphatic heterocycles. The number of carbonyl (C=O) groups excluding carboxylic acids is 1. The summed E-state index contributed by atoms with van der Waals surface area (Å²) in [6.07, 6.45) is 0.325. The molecule has 0 saturated heterocycles. The van der Waals surface area contributed by atoms with Crippen molar-refractivity contribution in [3.63, 3.8) is 0 Å². The van der Waals surface area contributed by atoms with Crippen LogP contribution in [-0.2, 0) is 4.79 Å². The second kappa shape index (κ2) is 4.70. The predicted molar refractivity (Wildman–Crippen MR) is 61.9 cm³/mol. The number of rotatable bonds is 3. The molecule has 7 heteroatoms. The van der Waals surface area contributed by atoms with E-state index in [0.29, 0.717) is 4.47 Å². The van der Waals surface area contributed by atoms with Crippen LogP contribution in [0.25, 0.3) is 0 Å². The largest absolute Gasteiger partial charge is 0.512 e. The van der Waals surface area contributed by atoms with Crippen molar-refractivity contribution < 1.29 is 19.4 Å². The number of aromatic nitrogens is 1. The molecule has 1 fully saturated rings. The first kappa shape index (κ1) is 11.8. The average Bonchev–Trinajstić information content (AvgIpc) is 2.97. The fourth-order valence-corrected chi connectivity index (χ4v) is 1.67. The molecular weight excluding hydrogens is 292 g/mol. The Labute approximate surface area is 105 Å². The van der Waals surface area contributed by atoms with Gasteiger partial charge in [-0.25, -0.2) is 4.79 Å². The minimum Gasteiger partial charge on any atom is -0.449 e. The van der Waals surface area contributed by atoms with Crippen molar-refractivity contribution in [2.45, 2.75) is 12.8 Å². The quantitative estimate of drug-likeness (QED) is 0.836. The van der Waals surface area contributed by atoms with Crippen LogP contribution in [-0.4, -0.2) is 22.2 Å². The number of amides is 1. The summed E-state index contributed by atoms with van der Waals surface area (Å²) in [5.41, 5.74) is 0. The van der Waals surface area contributed by atoms with Gasteiger partial charge in [0.1, 0.15) is 5.82 Å². The Hall–Kier alpha value is -1.63. The van der Waals surface area contributed by atoms with E-state index in [1.807, 2.05) is 0 Å². The van der Waals surface area contributed by atoms with Crippen LogP contribution in [0.5, 0.6) is 5.88 Å². The Morgan fingerprint density at radius 3 is 2.76 bits per heavy atom. The fourth-order valence-electron chi connectivity index (χ4n) is 1.25. The summed E-state index contributed by atoms with van der Waals surface area (Å²) in [6, 6.07) is 2.98. The van der Waals surface area contributed by atoms with E-state index >= 15 is 0 Å². The summed E-state index contributed by atoms with van der Waals surface area (Å²) >= 11 is 3.18. The third kappa shape index (κ3) is 3.42. The van der Waals surface area contributed by atoms with Crippen LogP contribution in [0.15, 0.2) is 16.6 Å². The maximum atomic E-state index is 11.5. The van der Waals surface area contributed by atoms with Crippen molar-refractivity contribution in [3.05, 3.63) is 16.6 Å². The van der Waals surface area contributed by atoms with E-state index in [2.05, 4.69) is 31.0 Å². The number of ether oxygens (including phenoxy) is 1. The zero-order valence-corrected chi connectivity index (χ0v) is 10.2. The van der Waals surface area contributed by atoms with E-state index in [0.717, 1.165) is 12.8 Å². The number of pyridine rings is 1. The van der Waals surface area contributed by atoms with E-state index in [1.165, 1.54) is 6.07 Å². The lowest BCUT2D eigenvalue weighted by Crippen LogP contribution is -2.15. The minimum absolute atomic E-state index is 0.0552. The smallest absolute Gasteiger partial charge is 0.449 e. The Balaban J connectivity index is 2.12. The SMILES string of the molecule is O=C(O)Oc1cc(Br)cc(NC(=O)C2CC2)n1. The van der Waals surface area contributed by atoms with Gasteiger partial charge < -0.3 is 15.2 Å². The van der Waals surface area contributed by atoms with Gasteiger partial charge in [0, 0.05) is 16.5 Å². The summed E-state index contributed by atoms with van der Waals surface area (Å²) in [7, 11) is 0. The van der Waals surface area contributed by atoms with Crippen molar-refractivity contribution in [3.8, 4) is 5.88 Å². The highest BCUT2D eigenvalue weighted by atomic mass is 79.9. The van der Waals surface area contributed by atoms with Crippen molar-refractivity contribution in [2.75, 3.05) is 5.32 Å². The molecule has 90 valence electrons. The number of carbonyl (C=O) groups is 2. The summed E-state index contributed by atoms with van der Waals surface area (Å²) in [5, 5.41) is 11.1. The highest BCUT2D eigenvalue weighted by molar-refractivity contribution is 9.10. The van der Waals surface area contributed by atoms with Crippen molar-refractivity contribution in [2.24, 2.45) is 5.92 Å². The Morgan fingerprint density at radius 1 is 1.47 bits per heavy atom. The van der Waals surface area contributed by atoms with Gasteiger partial charge in [-0.1, -0.05) is 15.9 Å². The van der Waals surface area contributed by atoms with Crippen LogP contribution in [0.2, 0.25) is 0 Å². The highest BCUT2D eigenvalue weighted by Crippen LogP contribution is 2.30. The maximum Gasteiger partial charge on any atom is 0.512 e. The number of anilines is 1. The molecule has 1 aromatic rings. The molecule has 1 aromatic heterocycles. The first-order chi connectivity index (χ1) is 8.04. The molecule has 0 radical (unpaired) electrons. The monoisotopic (exact) mass is 300 g/mol. The molecule has 17 heavy (non-hydrogen) atoms. The molecule has 0 bridgehead atoms. The summed E-state index contributed by atoms with van der Waals surface area (Å²) in [5.74, 6) is 0.141. The van der Waals surface area contributed by atoms with E-state index in [9.17, 15) is 9.59 Å². The minimum atomic E-state index is -1.45. The molecular formula is C10H9BrN2O4. The molecule has 2 rings (SSSR count). The third-order valence-electron chi connectivity index (χ3n) is 2.16. The van der Waals surface area contributed by atoms with E-state index in [1.54, 1.807) is 6.07 Å². The average molecular weight is 301 g/mol. The zero-order chi connectivity index (χ0) is 12.4. The first-order valence-electron chi connectivity index (χ1n) is 4.94. The van der Waals surface area contributed by atoms with Crippen molar-refractivity contribution >= 4 is 33.8 Å². The van der Waals surface area contributed by atoms with E-state index in [4.69, 9.17) is 5.11 Å². The molecule has 2 N–H and O–H groups in total. The molecule has 1 aliphatic carbocycles. The van der Waals surface area contributed by atoms with Crippen molar-refractivity contribution in [1.82, 2.24) is 4.98 Å². The maximum absolute atomic E-state index is 11.5. The highest BCUT2D eigenvalue weighted by Gasteiger charge is 2.29. The van der Waals surface area contributed by atoms with Gasteiger partial charge in [0.15, 0.2) is 0 Å². The standard InChI is InChI=1S/C10H9BrN2O4/c11-6-3-7(13-9(14)5-1-2-5)12-8(4-6)17-10(15)16/h3-5H,1-2H2,(H,15,16)(H,12,13,14). The van der Waals surface area contributed by atoms with Crippen LogP contribution in [0.4, 0.5) is 10.6 Å². The van der Waals surface area contributed by atoms with Gasteiger partial charge in [-0.05, 0) is 18.9 Å². The van der Waals surface area contributed by atoms with Gasteiger partial charge >= 0.3 is 6.16 Å². The normalized spacial score (nSPS) is 14.2. The van der Waals surface area contributed by atoms with Crippen LogP contribution < -0.4 is 10.1 Å². The van der Waals surface area contributed by atoms with Gasteiger partial charge in [0.2, 0.25) is 11.8 Å². The zero-order valence-electron chi connectivity index (χ0n) is 8.64. The summed E-state index contributed by atoms with van der Waals surface area (Å²) in [4.78, 5) is 25.7. The molecule has 1 amide bonds. The Bertz CT molecular complexity index is 473. The second-order valence-electron chi connectivity index (χ2n) is 3.64. The number of hydrogen-bond acceptors (Lipinski definition) is 4. The molecule has 6 nitrogen and oxygen atoms in total.